The molecular formula is C22H24N2O6. The maximum absolute atomic E-state index is 13.2. The van der Waals surface area contributed by atoms with E-state index in [0.717, 1.165) is 19.3 Å². The van der Waals surface area contributed by atoms with Crippen LogP contribution < -0.4 is 5.32 Å². The highest BCUT2D eigenvalue weighted by Gasteiger charge is 2.38. The molecule has 8 nitrogen and oxygen atoms in total. The molecule has 2 atom stereocenters. The molecule has 0 amide bonds. The number of nitro groups is 1. The summed E-state index contributed by atoms with van der Waals surface area (Å²) in [5, 5.41) is 14.3. The standard InChI is InChI=1S/C22H24N2O6/c1-13-18(21(25)29-3)20(15-8-7-9-16(12-15)24(27)28)19(14(2)23-13)22(26)30-17-10-5-4-6-11-17/h5,7-10,12,17,20,23H,4,6,11H2,1-3H3. The zero-order valence-corrected chi connectivity index (χ0v) is 17.1. The fourth-order valence-electron chi connectivity index (χ4n) is 3.88. The third-order valence-electron chi connectivity index (χ3n) is 5.27. The van der Waals surface area contributed by atoms with Crippen LogP contribution in [0.4, 0.5) is 5.69 Å². The molecule has 1 aromatic carbocycles. The molecule has 0 radical (unpaired) electrons. The Bertz CT molecular complexity index is 976. The van der Waals surface area contributed by atoms with Crippen molar-refractivity contribution >= 4 is 17.6 Å². The number of nitro benzene ring substituents is 1. The Morgan fingerprint density at radius 2 is 1.87 bits per heavy atom. The number of hydrogen-bond donors (Lipinski definition) is 1. The van der Waals surface area contributed by atoms with Crippen molar-refractivity contribution in [2.75, 3.05) is 7.11 Å². The molecule has 0 aromatic heterocycles. The van der Waals surface area contributed by atoms with E-state index in [1.807, 2.05) is 12.2 Å². The van der Waals surface area contributed by atoms with Crippen molar-refractivity contribution < 1.29 is 24.0 Å². The van der Waals surface area contributed by atoms with Gasteiger partial charge in [0.25, 0.3) is 5.69 Å². The van der Waals surface area contributed by atoms with Crippen LogP contribution in [0.5, 0.6) is 0 Å². The molecule has 1 aromatic rings. The second-order valence-corrected chi connectivity index (χ2v) is 7.28. The van der Waals surface area contributed by atoms with Crippen molar-refractivity contribution in [2.24, 2.45) is 0 Å². The summed E-state index contributed by atoms with van der Waals surface area (Å²) in [6.07, 6.45) is 6.09. The van der Waals surface area contributed by atoms with Gasteiger partial charge in [-0.2, -0.15) is 0 Å². The number of non-ortho nitro benzene ring substituents is 1. The average molecular weight is 412 g/mol. The third kappa shape index (κ3) is 4.27. The minimum Gasteiger partial charge on any atom is -0.466 e. The summed E-state index contributed by atoms with van der Waals surface area (Å²) in [6, 6.07) is 5.91. The number of benzene rings is 1. The normalized spacial score (nSPS) is 21.2. The minimum absolute atomic E-state index is 0.131. The Kier molecular flexibility index (Phi) is 6.34. The van der Waals surface area contributed by atoms with Crippen molar-refractivity contribution in [2.45, 2.75) is 45.1 Å². The van der Waals surface area contributed by atoms with E-state index < -0.39 is 22.8 Å². The quantitative estimate of drug-likeness (QED) is 0.340. The summed E-state index contributed by atoms with van der Waals surface area (Å²) in [7, 11) is 1.25. The van der Waals surface area contributed by atoms with Gasteiger partial charge in [0.1, 0.15) is 6.10 Å². The third-order valence-corrected chi connectivity index (χ3v) is 5.27. The van der Waals surface area contributed by atoms with Gasteiger partial charge in [0.15, 0.2) is 0 Å². The molecule has 0 saturated heterocycles. The molecule has 3 rings (SSSR count). The molecule has 2 aliphatic rings. The molecule has 2 unspecified atom stereocenters. The fourth-order valence-corrected chi connectivity index (χ4v) is 3.88. The summed E-state index contributed by atoms with van der Waals surface area (Å²) in [4.78, 5) is 36.6. The average Bonchev–Trinajstić information content (AvgIpc) is 2.73. The van der Waals surface area contributed by atoms with E-state index in [4.69, 9.17) is 9.47 Å². The number of carbonyl (C=O) groups excluding carboxylic acids is 2. The number of carbonyl (C=O) groups is 2. The second kappa shape index (κ2) is 8.94. The molecule has 1 aliphatic heterocycles. The zero-order valence-electron chi connectivity index (χ0n) is 17.1. The maximum atomic E-state index is 13.2. The summed E-state index contributed by atoms with van der Waals surface area (Å²) < 4.78 is 10.6. The van der Waals surface area contributed by atoms with E-state index in [9.17, 15) is 19.7 Å². The van der Waals surface area contributed by atoms with Gasteiger partial charge in [-0.1, -0.05) is 18.2 Å². The van der Waals surface area contributed by atoms with Crippen molar-refractivity contribution in [3.05, 3.63) is 74.6 Å². The largest absolute Gasteiger partial charge is 0.466 e. The van der Waals surface area contributed by atoms with Gasteiger partial charge in [-0.05, 0) is 44.7 Å². The van der Waals surface area contributed by atoms with Gasteiger partial charge >= 0.3 is 11.9 Å². The fraction of sp³-hybridized carbons (Fsp3) is 0.364. The Labute approximate surface area is 174 Å². The first-order chi connectivity index (χ1) is 14.3. The topological polar surface area (TPSA) is 108 Å². The molecule has 0 spiro atoms. The molecule has 0 saturated carbocycles. The van der Waals surface area contributed by atoms with E-state index in [0.29, 0.717) is 17.0 Å². The van der Waals surface area contributed by atoms with Crippen molar-refractivity contribution in [3.8, 4) is 0 Å². The molecule has 0 bridgehead atoms. The SMILES string of the molecule is COC(=O)C1=C(C)NC(C)=C(C(=O)OC2C=CCCC2)C1c1cccc([N+](=O)[O-])c1. The zero-order chi connectivity index (χ0) is 21.8. The number of allylic oxidation sites excluding steroid dienone is 3. The highest BCUT2D eigenvalue weighted by Crippen LogP contribution is 2.40. The van der Waals surface area contributed by atoms with Crippen LogP contribution in [0.25, 0.3) is 0 Å². The van der Waals surface area contributed by atoms with Gasteiger partial charge in [-0.3, -0.25) is 10.1 Å². The second-order valence-electron chi connectivity index (χ2n) is 7.28. The lowest BCUT2D eigenvalue weighted by Crippen LogP contribution is -2.33. The van der Waals surface area contributed by atoms with Crippen LogP contribution >= 0.6 is 0 Å². The van der Waals surface area contributed by atoms with Crippen molar-refractivity contribution in [1.82, 2.24) is 5.32 Å². The highest BCUT2D eigenvalue weighted by molar-refractivity contribution is 6.00. The van der Waals surface area contributed by atoms with Crippen LogP contribution in [0.15, 0.2) is 59.0 Å². The van der Waals surface area contributed by atoms with E-state index in [1.165, 1.54) is 25.3 Å². The van der Waals surface area contributed by atoms with Gasteiger partial charge in [0, 0.05) is 23.5 Å². The first-order valence-electron chi connectivity index (χ1n) is 9.72. The van der Waals surface area contributed by atoms with Crippen LogP contribution in [-0.4, -0.2) is 30.1 Å². The minimum atomic E-state index is -0.848. The number of ether oxygens (including phenoxy) is 2. The Hall–Kier alpha value is -3.42. The molecule has 1 aliphatic carbocycles. The number of esters is 2. The predicted molar refractivity (Wildman–Crippen MR) is 109 cm³/mol. The lowest BCUT2D eigenvalue weighted by Gasteiger charge is -2.31. The summed E-state index contributed by atoms with van der Waals surface area (Å²) in [5.74, 6) is -2.03. The van der Waals surface area contributed by atoms with Crippen LogP contribution in [0.2, 0.25) is 0 Å². The van der Waals surface area contributed by atoms with Crippen LogP contribution in [-0.2, 0) is 19.1 Å². The molecule has 30 heavy (non-hydrogen) atoms. The monoisotopic (exact) mass is 412 g/mol. The van der Waals surface area contributed by atoms with Crippen LogP contribution in [0.1, 0.15) is 44.6 Å². The number of nitrogens with one attached hydrogen (secondary N) is 1. The van der Waals surface area contributed by atoms with Gasteiger partial charge in [-0.15, -0.1) is 0 Å². The summed E-state index contributed by atoms with van der Waals surface area (Å²) in [6.45, 7) is 3.42. The molecule has 8 heteroatoms. The van der Waals surface area contributed by atoms with E-state index in [1.54, 1.807) is 19.9 Å². The number of dihydropyridines is 1. The highest BCUT2D eigenvalue weighted by atomic mass is 16.6. The molecule has 1 N–H and O–H groups in total. The molecular weight excluding hydrogens is 388 g/mol. The first-order valence-corrected chi connectivity index (χ1v) is 9.72. The van der Waals surface area contributed by atoms with Crippen LogP contribution in [0, 0.1) is 10.1 Å². The smallest absolute Gasteiger partial charge is 0.337 e. The first kappa shape index (κ1) is 21.3. The number of nitrogens with zero attached hydrogens (tertiary/aromatic N) is 1. The van der Waals surface area contributed by atoms with Gasteiger partial charge in [-0.25, -0.2) is 9.59 Å². The van der Waals surface area contributed by atoms with E-state index in [-0.39, 0.29) is 22.9 Å². The lowest BCUT2D eigenvalue weighted by molar-refractivity contribution is -0.384. The lowest BCUT2D eigenvalue weighted by atomic mass is 9.80. The number of rotatable bonds is 5. The molecule has 0 fully saturated rings. The molecule has 158 valence electrons. The van der Waals surface area contributed by atoms with Gasteiger partial charge in [0.2, 0.25) is 0 Å². The van der Waals surface area contributed by atoms with Gasteiger partial charge < -0.3 is 14.8 Å². The van der Waals surface area contributed by atoms with Crippen molar-refractivity contribution in [1.29, 1.82) is 0 Å². The van der Waals surface area contributed by atoms with Gasteiger partial charge in [0.05, 0.1) is 29.1 Å². The Morgan fingerprint density at radius 1 is 1.17 bits per heavy atom. The number of hydrogen-bond acceptors (Lipinski definition) is 7. The maximum Gasteiger partial charge on any atom is 0.337 e. The summed E-state index contributed by atoms with van der Waals surface area (Å²) in [5.41, 5.74) is 1.81. The predicted octanol–water partition coefficient (Wildman–Crippen LogP) is 3.65. The Balaban J connectivity index is 2.09. The van der Waals surface area contributed by atoms with Crippen molar-refractivity contribution in [3.63, 3.8) is 0 Å². The Morgan fingerprint density at radius 3 is 2.47 bits per heavy atom. The van der Waals surface area contributed by atoms with E-state index >= 15 is 0 Å². The summed E-state index contributed by atoms with van der Waals surface area (Å²) >= 11 is 0. The van der Waals surface area contributed by atoms with Crippen LogP contribution in [0.3, 0.4) is 0 Å². The van der Waals surface area contributed by atoms with E-state index in [2.05, 4.69) is 5.32 Å². The number of methoxy groups -OCH3 is 1. The molecule has 1 heterocycles.